The number of esters is 1. The smallest absolute Gasteiger partial charge is 0.319 e. The Hall–Kier alpha value is -1.82. The molecule has 6 heteroatoms. The number of carbonyl (C=O) groups excluding carboxylic acids is 1. The van der Waals surface area contributed by atoms with Crippen LogP contribution in [0.4, 0.5) is 0 Å². The van der Waals surface area contributed by atoms with E-state index in [1.165, 1.54) is 11.8 Å². The second-order valence-electron chi connectivity index (χ2n) is 4.79. The number of hydrogen-bond donors (Lipinski definition) is 0. The standard InChI is InChI=1S/C14H15N3O2S/c1-9-8-12(13(18)19-9)20-14-16-15-10(2)17(14)11-6-4-3-5-7-11/h3-7,9,12H,8H2,1-2H3/t9-,12+/m1/s1. The molecule has 1 saturated heterocycles. The molecule has 2 atom stereocenters. The third kappa shape index (κ3) is 2.43. The summed E-state index contributed by atoms with van der Waals surface area (Å²) in [4.78, 5) is 11.7. The van der Waals surface area contributed by atoms with Crippen LogP contribution >= 0.6 is 11.8 Å². The first kappa shape index (κ1) is 13.2. The second kappa shape index (κ2) is 5.28. The van der Waals surface area contributed by atoms with E-state index in [0.29, 0.717) is 6.42 Å². The third-order valence-corrected chi connectivity index (χ3v) is 4.33. The molecule has 0 aliphatic carbocycles. The molecule has 0 bridgehead atoms. The molecule has 0 spiro atoms. The van der Waals surface area contributed by atoms with Crippen molar-refractivity contribution in [2.45, 2.75) is 36.8 Å². The van der Waals surface area contributed by atoms with Gasteiger partial charge < -0.3 is 4.74 Å². The minimum Gasteiger partial charge on any atom is -0.462 e. The van der Waals surface area contributed by atoms with Gasteiger partial charge in [0.05, 0.1) is 0 Å². The summed E-state index contributed by atoms with van der Waals surface area (Å²) in [5.41, 5.74) is 0.997. The lowest BCUT2D eigenvalue weighted by Gasteiger charge is -2.09. The zero-order valence-corrected chi connectivity index (χ0v) is 12.1. The Kier molecular flexibility index (Phi) is 3.48. The number of aryl methyl sites for hydroxylation is 1. The lowest BCUT2D eigenvalue weighted by Crippen LogP contribution is -2.11. The number of nitrogens with zero attached hydrogens (tertiary/aromatic N) is 3. The van der Waals surface area contributed by atoms with E-state index < -0.39 is 0 Å². The van der Waals surface area contributed by atoms with E-state index in [9.17, 15) is 4.79 Å². The molecule has 0 amide bonds. The molecule has 5 nitrogen and oxygen atoms in total. The Morgan fingerprint density at radius 1 is 1.30 bits per heavy atom. The average Bonchev–Trinajstić information content (AvgIpc) is 2.94. The highest BCUT2D eigenvalue weighted by atomic mass is 32.2. The van der Waals surface area contributed by atoms with Crippen molar-refractivity contribution in [2.24, 2.45) is 0 Å². The molecule has 1 aliphatic heterocycles. The maximum Gasteiger partial charge on any atom is 0.319 e. The van der Waals surface area contributed by atoms with Crippen LogP contribution in [0.3, 0.4) is 0 Å². The van der Waals surface area contributed by atoms with Crippen LogP contribution in [0.25, 0.3) is 5.69 Å². The molecular formula is C14H15N3O2S. The highest BCUT2D eigenvalue weighted by Gasteiger charge is 2.34. The van der Waals surface area contributed by atoms with E-state index in [2.05, 4.69) is 10.2 Å². The summed E-state index contributed by atoms with van der Waals surface area (Å²) in [5, 5.41) is 8.83. The van der Waals surface area contributed by atoms with E-state index >= 15 is 0 Å². The Morgan fingerprint density at radius 3 is 2.70 bits per heavy atom. The van der Waals surface area contributed by atoms with Gasteiger partial charge in [0, 0.05) is 12.1 Å². The first-order valence-corrected chi connectivity index (χ1v) is 7.37. The van der Waals surface area contributed by atoms with Gasteiger partial charge in [-0.2, -0.15) is 0 Å². The van der Waals surface area contributed by atoms with Gasteiger partial charge in [0.1, 0.15) is 17.2 Å². The van der Waals surface area contributed by atoms with Gasteiger partial charge in [-0.3, -0.25) is 9.36 Å². The minimum absolute atomic E-state index is 0.0193. The molecule has 1 aliphatic rings. The fraction of sp³-hybridized carbons (Fsp3) is 0.357. The molecule has 0 radical (unpaired) electrons. The van der Waals surface area contributed by atoms with E-state index in [4.69, 9.17) is 4.74 Å². The van der Waals surface area contributed by atoms with Gasteiger partial charge in [-0.05, 0) is 26.0 Å². The molecule has 2 heterocycles. The lowest BCUT2D eigenvalue weighted by atomic mass is 10.3. The summed E-state index contributed by atoms with van der Waals surface area (Å²) in [6, 6.07) is 9.89. The van der Waals surface area contributed by atoms with E-state index in [0.717, 1.165) is 16.7 Å². The third-order valence-electron chi connectivity index (χ3n) is 3.18. The normalized spacial score (nSPS) is 22.0. The van der Waals surface area contributed by atoms with Crippen LogP contribution in [0.5, 0.6) is 0 Å². The summed E-state index contributed by atoms with van der Waals surface area (Å²) in [7, 11) is 0. The van der Waals surface area contributed by atoms with E-state index in [-0.39, 0.29) is 17.3 Å². The molecule has 1 fully saturated rings. The highest BCUT2D eigenvalue weighted by molar-refractivity contribution is 8.00. The largest absolute Gasteiger partial charge is 0.462 e. The average molecular weight is 289 g/mol. The number of para-hydroxylation sites is 1. The van der Waals surface area contributed by atoms with Crippen LogP contribution in [0.2, 0.25) is 0 Å². The van der Waals surface area contributed by atoms with Crippen LogP contribution in [-0.4, -0.2) is 32.1 Å². The van der Waals surface area contributed by atoms with E-state index in [1.54, 1.807) is 0 Å². The van der Waals surface area contributed by atoms with Crippen molar-refractivity contribution in [2.75, 3.05) is 0 Å². The lowest BCUT2D eigenvalue weighted by molar-refractivity contribution is -0.140. The zero-order valence-electron chi connectivity index (χ0n) is 11.3. The Balaban J connectivity index is 1.90. The molecule has 0 N–H and O–H groups in total. The van der Waals surface area contributed by atoms with Gasteiger partial charge in [-0.1, -0.05) is 30.0 Å². The molecule has 1 aromatic carbocycles. The number of carbonyl (C=O) groups is 1. The molecule has 104 valence electrons. The molecule has 0 saturated carbocycles. The van der Waals surface area contributed by atoms with Crippen LogP contribution in [-0.2, 0) is 9.53 Å². The van der Waals surface area contributed by atoms with Crippen molar-refractivity contribution < 1.29 is 9.53 Å². The molecular weight excluding hydrogens is 274 g/mol. The van der Waals surface area contributed by atoms with Gasteiger partial charge in [0.15, 0.2) is 5.16 Å². The van der Waals surface area contributed by atoms with Gasteiger partial charge >= 0.3 is 5.97 Å². The van der Waals surface area contributed by atoms with Gasteiger partial charge in [0.25, 0.3) is 0 Å². The molecule has 2 aromatic rings. The number of cyclic esters (lactones) is 1. The number of rotatable bonds is 3. The highest BCUT2D eigenvalue weighted by Crippen LogP contribution is 2.32. The molecule has 0 unspecified atom stereocenters. The predicted molar refractivity (Wildman–Crippen MR) is 75.9 cm³/mol. The Labute approximate surface area is 121 Å². The summed E-state index contributed by atoms with van der Waals surface area (Å²) in [5.74, 6) is 0.640. The minimum atomic E-state index is -0.198. The fourth-order valence-electron chi connectivity index (χ4n) is 2.24. The Bertz CT molecular complexity index is 627. The van der Waals surface area contributed by atoms with Crippen LogP contribution in [0.1, 0.15) is 19.2 Å². The maximum atomic E-state index is 11.7. The second-order valence-corrected chi connectivity index (χ2v) is 5.96. The summed E-state index contributed by atoms with van der Waals surface area (Å²) >= 11 is 1.42. The van der Waals surface area contributed by atoms with Gasteiger partial charge in [-0.25, -0.2) is 0 Å². The maximum absolute atomic E-state index is 11.7. The number of aromatic nitrogens is 3. The summed E-state index contributed by atoms with van der Waals surface area (Å²) in [6.07, 6.45) is 0.693. The van der Waals surface area contributed by atoms with Gasteiger partial charge in [-0.15, -0.1) is 10.2 Å². The molecule has 1 aromatic heterocycles. The fourth-order valence-corrected chi connectivity index (χ4v) is 3.44. The molecule has 20 heavy (non-hydrogen) atoms. The topological polar surface area (TPSA) is 57.0 Å². The molecule has 3 rings (SSSR count). The van der Waals surface area contributed by atoms with Crippen molar-refractivity contribution in [3.8, 4) is 5.69 Å². The van der Waals surface area contributed by atoms with Crippen LogP contribution < -0.4 is 0 Å². The monoisotopic (exact) mass is 289 g/mol. The number of benzene rings is 1. The van der Waals surface area contributed by atoms with Gasteiger partial charge in [0.2, 0.25) is 0 Å². The summed E-state index contributed by atoms with van der Waals surface area (Å²) < 4.78 is 7.14. The zero-order chi connectivity index (χ0) is 14.1. The number of thioether (sulfide) groups is 1. The van der Waals surface area contributed by atoms with Crippen LogP contribution in [0.15, 0.2) is 35.5 Å². The first-order chi connectivity index (χ1) is 9.65. The van der Waals surface area contributed by atoms with Crippen molar-refractivity contribution in [1.82, 2.24) is 14.8 Å². The Morgan fingerprint density at radius 2 is 2.05 bits per heavy atom. The van der Waals surface area contributed by atoms with Crippen molar-refractivity contribution in [1.29, 1.82) is 0 Å². The number of ether oxygens (including phenoxy) is 1. The quantitative estimate of drug-likeness (QED) is 0.812. The SMILES string of the molecule is Cc1nnc(S[C@H]2C[C@@H](C)OC2=O)n1-c1ccccc1. The van der Waals surface area contributed by atoms with Crippen molar-refractivity contribution in [3.63, 3.8) is 0 Å². The van der Waals surface area contributed by atoms with Crippen molar-refractivity contribution in [3.05, 3.63) is 36.2 Å². The van der Waals surface area contributed by atoms with Crippen molar-refractivity contribution >= 4 is 17.7 Å². The summed E-state index contributed by atoms with van der Waals surface area (Å²) in [6.45, 7) is 3.81. The van der Waals surface area contributed by atoms with E-state index in [1.807, 2.05) is 48.7 Å². The predicted octanol–water partition coefficient (Wildman–Crippen LogP) is 2.37. The number of hydrogen-bond acceptors (Lipinski definition) is 5. The first-order valence-electron chi connectivity index (χ1n) is 6.50. The van der Waals surface area contributed by atoms with Crippen LogP contribution in [0, 0.1) is 6.92 Å².